The molecule has 0 radical (unpaired) electrons. The van der Waals surface area contributed by atoms with Crippen LogP contribution < -0.4 is 10.1 Å². The van der Waals surface area contributed by atoms with Gasteiger partial charge in [0, 0.05) is 25.8 Å². The number of nitrogens with one attached hydrogen (secondary N) is 1. The third-order valence-corrected chi connectivity index (χ3v) is 3.30. The molecule has 0 unspecified atom stereocenters. The Morgan fingerprint density at radius 1 is 1.41 bits per heavy atom. The van der Waals surface area contributed by atoms with Gasteiger partial charge in [-0.3, -0.25) is 0 Å². The van der Waals surface area contributed by atoms with E-state index in [9.17, 15) is 0 Å². The topological polar surface area (TPSA) is 30.5 Å². The Labute approximate surface area is 103 Å². The Hall–Kier alpha value is -1.22. The fourth-order valence-corrected chi connectivity index (χ4v) is 1.91. The molecule has 1 N–H and O–H groups in total. The Morgan fingerprint density at radius 2 is 2.24 bits per heavy atom. The zero-order valence-corrected chi connectivity index (χ0v) is 10.9. The number of methoxy groups -OCH3 is 1. The molecule has 0 aromatic heterocycles. The average molecular weight is 235 g/mol. The molecule has 94 valence electrons. The quantitative estimate of drug-likeness (QED) is 0.851. The van der Waals surface area contributed by atoms with Gasteiger partial charge in [-0.15, -0.1) is 0 Å². The van der Waals surface area contributed by atoms with Crippen LogP contribution in [0.1, 0.15) is 25.8 Å². The largest absolute Gasteiger partial charge is 0.493 e. The molecule has 0 atom stereocenters. The summed E-state index contributed by atoms with van der Waals surface area (Å²) in [6, 6.07) is 6.30. The second-order valence-electron chi connectivity index (χ2n) is 5.06. The highest BCUT2D eigenvalue weighted by molar-refractivity contribution is 5.52. The first-order valence-corrected chi connectivity index (χ1v) is 6.15. The summed E-state index contributed by atoms with van der Waals surface area (Å²) in [7, 11) is 1.76. The van der Waals surface area contributed by atoms with Crippen molar-refractivity contribution < 1.29 is 9.47 Å². The summed E-state index contributed by atoms with van der Waals surface area (Å²) in [4.78, 5) is 0. The lowest BCUT2D eigenvalue weighted by molar-refractivity contribution is 0.0185. The first-order valence-electron chi connectivity index (χ1n) is 6.15. The molecule has 17 heavy (non-hydrogen) atoms. The molecule has 0 amide bonds. The second kappa shape index (κ2) is 4.96. The standard InChI is InChI=1S/C14H21NO2/c1-14(2,16-3)7-8-15-12-4-5-13-11(10-12)6-9-17-13/h4-5,10,15H,6-9H2,1-3H3. The Kier molecular flexibility index (Phi) is 3.57. The van der Waals surface area contributed by atoms with E-state index in [4.69, 9.17) is 9.47 Å². The van der Waals surface area contributed by atoms with E-state index in [1.807, 2.05) is 6.07 Å². The molecule has 0 saturated heterocycles. The maximum absolute atomic E-state index is 5.48. The number of hydrogen-bond acceptors (Lipinski definition) is 3. The zero-order chi connectivity index (χ0) is 12.3. The van der Waals surface area contributed by atoms with Crippen molar-refractivity contribution in [1.82, 2.24) is 0 Å². The van der Waals surface area contributed by atoms with Crippen LogP contribution in [-0.2, 0) is 11.2 Å². The summed E-state index contributed by atoms with van der Waals surface area (Å²) < 4.78 is 10.9. The minimum atomic E-state index is -0.0627. The summed E-state index contributed by atoms with van der Waals surface area (Å²) in [5.41, 5.74) is 2.41. The molecular formula is C14H21NO2. The van der Waals surface area contributed by atoms with Gasteiger partial charge in [-0.25, -0.2) is 0 Å². The number of hydrogen-bond donors (Lipinski definition) is 1. The fourth-order valence-electron chi connectivity index (χ4n) is 1.91. The number of fused-ring (bicyclic) bond motifs is 1. The van der Waals surface area contributed by atoms with Crippen LogP contribution in [0.5, 0.6) is 5.75 Å². The van der Waals surface area contributed by atoms with Crippen molar-refractivity contribution in [3.8, 4) is 5.75 Å². The van der Waals surface area contributed by atoms with Gasteiger partial charge in [-0.05, 0) is 44.0 Å². The third kappa shape index (κ3) is 3.13. The van der Waals surface area contributed by atoms with Crippen LogP contribution >= 0.6 is 0 Å². The van der Waals surface area contributed by atoms with Crippen LogP contribution in [0.25, 0.3) is 0 Å². The second-order valence-corrected chi connectivity index (χ2v) is 5.06. The first-order chi connectivity index (χ1) is 8.11. The first kappa shape index (κ1) is 12.2. The lowest BCUT2D eigenvalue weighted by Gasteiger charge is -2.23. The summed E-state index contributed by atoms with van der Waals surface area (Å²) in [5.74, 6) is 1.03. The van der Waals surface area contributed by atoms with Crippen molar-refractivity contribution in [1.29, 1.82) is 0 Å². The SMILES string of the molecule is COC(C)(C)CCNc1ccc2c(c1)CCO2. The van der Waals surface area contributed by atoms with Gasteiger partial charge >= 0.3 is 0 Å². The molecule has 1 aromatic rings. The summed E-state index contributed by atoms with van der Waals surface area (Å²) >= 11 is 0. The van der Waals surface area contributed by atoms with Crippen molar-refractivity contribution in [3.63, 3.8) is 0 Å². The van der Waals surface area contributed by atoms with E-state index in [0.717, 1.165) is 31.7 Å². The molecular weight excluding hydrogens is 214 g/mol. The van der Waals surface area contributed by atoms with E-state index in [0.29, 0.717) is 0 Å². The summed E-state index contributed by atoms with van der Waals surface area (Å²) in [6.07, 6.45) is 2.01. The van der Waals surface area contributed by atoms with E-state index in [2.05, 4.69) is 31.3 Å². The van der Waals surface area contributed by atoms with Crippen molar-refractivity contribution >= 4 is 5.69 Å². The fraction of sp³-hybridized carbons (Fsp3) is 0.571. The van der Waals surface area contributed by atoms with E-state index in [1.54, 1.807) is 7.11 Å². The van der Waals surface area contributed by atoms with Gasteiger partial charge in [0.1, 0.15) is 5.75 Å². The highest BCUT2D eigenvalue weighted by Crippen LogP contribution is 2.27. The summed E-state index contributed by atoms with van der Waals surface area (Å²) in [6.45, 7) is 5.94. The van der Waals surface area contributed by atoms with Crippen LogP contribution in [0.2, 0.25) is 0 Å². The van der Waals surface area contributed by atoms with Crippen LogP contribution in [-0.4, -0.2) is 25.9 Å². The van der Waals surface area contributed by atoms with Gasteiger partial charge in [0.05, 0.1) is 12.2 Å². The van der Waals surface area contributed by atoms with Gasteiger partial charge in [0.25, 0.3) is 0 Å². The molecule has 2 rings (SSSR count). The van der Waals surface area contributed by atoms with Crippen LogP contribution in [0.3, 0.4) is 0 Å². The van der Waals surface area contributed by atoms with Crippen LogP contribution in [0.4, 0.5) is 5.69 Å². The van der Waals surface area contributed by atoms with Gasteiger partial charge in [-0.1, -0.05) is 0 Å². The number of rotatable bonds is 5. The number of ether oxygens (including phenoxy) is 2. The molecule has 1 aliphatic heterocycles. The predicted molar refractivity (Wildman–Crippen MR) is 69.8 cm³/mol. The van der Waals surface area contributed by atoms with Gasteiger partial charge in [-0.2, -0.15) is 0 Å². The van der Waals surface area contributed by atoms with Crippen LogP contribution in [0, 0.1) is 0 Å². The molecule has 1 heterocycles. The molecule has 1 aliphatic rings. The molecule has 0 aliphatic carbocycles. The van der Waals surface area contributed by atoms with Gasteiger partial charge < -0.3 is 14.8 Å². The predicted octanol–water partition coefficient (Wildman–Crippen LogP) is 2.85. The average Bonchev–Trinajstić information content (AvgIpc) is 2.76. The molecule has 3 heteroatoms. The van der Waals surface area contributed by atoms with Crippen molar-refractivity contribution in [2.45, 2.75) is 32.3 Å². The Morgan fingerprint density at radius 3 is 3.00 bits per heavy atom. The van der Waals surface area contributed by atoms with E-state index >= 15 is 0 Å². The van der Waals surface area contributed by atoms with Gasteiger partial charge in [0.15, 0.2) is 0 Å². The van der Waals surface area contributed by atoms with Crippen molar-refractivity contribution in [3.05, 3.63) is 23.8 Å². The lowest BCUT2D eigenvalue weighted by atomic mass is 10.1. The molecule has 0 fully saturated rings. The van der Waals surface area contributed by atoms with Gasteiger partial charge in [0.2, 0.25) is 0 Å². The highest BCUT2D eigenvalue weighted by Gasteiger charge is 2.16. The minimum absolute atomic E-state index is 0.0627. The van der Waals surface area contributed by atoms with E-state index in [-0.39, 0.29) is 5.60 Å². The van der Waals surface area contributed by atoms with E-state index < -0.39 is 0 Å². The monoisotopic (exact) mass is 235 g/mol. The maximum atomic E-state index is 5.48. The molecule has 0 spiro atoms. The van der Waals surface area contributed by atoms with E-state index in [1.165, 1.54) is 11.3 Å². The van der Waals surface area contributed by atoms with Crippen molar-refractivity contribution in [2.24, 2.45) is 0 Å². The third-order valence-electron chi connectivity index (χ3n) is 3.30. The number of benzene rings is 1. The van der Waals surface area contributed by atoms with Crippen LogP contribution in [0.15, 0.2) is 18.2 Å². The van der Waals surface area contributed by atoms with Crippen molar-refractivity contribution in [2.75, 3.05) is 25.6 Å². The minimum Gasteiger partial charge on any atom is -0.493 e. The molecule has 1 aromatic carbocycles. The molecule has 0 bridgehead atoms. The normalized spacial score (nSPS) is 14.3. The highest BCUT2D eigenvalue weighted by atomic mass is 16.5. The smallest absolute Gasteiger partial charge is 0.122 e. The maximum Gasteiger partial charge on any atom is 0.122 e. The zero-order valence-electron chi connectivity index (χ0n) is 10.9. The number of anilines is 1. The Bertz CT molecular complexity index is 388. The Balaban J connectivity index is 1.88. The lowest BCUT2D eigenvalue weighted by Crippen LogP contribution is -2.25. The summed E-state index contributed by atoms with van der Waals surface area (Å²) in [5, 5.41) is 3.43. The molecule has 3 nitrogen and oxygen atoms in total. The molecule has 0 saturated carbocycles.